The monoisotopic (exact) mass is 314 g/mol. The molecule has 2 rings (SSSR count). The number of hydrogen-bond donors (Lipinski definition) is 1. The molecule has 23 heavy (non-hydrogen) atoms. The van der Waals surface area contributed by atoms with Crippen LogP contribution >= 0.6 is 0 Å². The van der Waals surface area contributed by atoms with Gasteiger partial charge in [0.15, 0.2) is 0 Å². The van der Waals surface area contributed by atoms with Crippen LogP contribution in [-0.4, -0.2) is 27.8 Å². The van der Waals surface area contributed by atoms with Gasteiger partial charge in [-0.1, -0.05) is 18.2 Å². The summed E-state index contributed by atoms with van der Waals surface area (Å²) in [6, 6.07) is 14.5. The number of rotatable bonds is 8. The second kappa shape index (κ2) is 8.44. The minimum Gasteiger partial charge on any atom is -0.497 e. The van der Waals surface area contributed by atoms with E-state index in [0.717, 1.165) is 30.3 Å². The first kappa shape index (κ1) is 17.2. The lowest BCUT2D eigenvalue weighted by atomic mass is 10.1. The van der Waals surface area contributed by atoms with E-state index in [-0.39, 0.29) is 0 Å². The Kier molecular flexibility index (Phi) is 6.29. The molecule has 0 atom stereocenters. The Hall–Kier alpha value is -2.20. The van der Waals surface area contributed by atoms with Crippen molar-refractivity contribution in [2.75, 3.05) is 32.7 Å². The van der Waals surface area contributed by atoms with E-state index in [1.807, 2.05) is 33.2 Å². The smallest absolute Gasteiger partial charge is 0.142 e. The molecule has 124 valence electrons. The number of methoxy groups -OCH3 is 1. The van der Waals surface area contributed by atoms with Crippen molar-refractivity contribution in [2.45, 2.75) is 20.0 Å². The molecule has 0 aliphatic carbocycles. The molecular formula is C19H26N2O2. The maximum Gasteiger partial charge on any atom is 0.142 e. The summed E-state index contributed by atoms with van der Waals surface area (Å²) in [4.78, 5) is 2.07. The molecule has 0 bridgehead atoms. The van der Waals surface area contributed by atoms with E-state index in [1.54, 1.807) is 7.11 Å². The van der Waals surface area contributed by atoms with Crippen molar-refractivity contribution in [2.24, 2.45) is 0 Å². The molecule has 2 aromatic rings. The summed E-state index contributed by atoms with van der Waals surface area (Å²) < 4.78 is 10.9. The summed E-state index contributed by atoms with van der Waals surface area (Å²) >= 11 is 0. The van der Waals surface area contributed by atoms with Crippen LogP contribution in [0.1, 0.15) is 18.1 Å². The third-order valence-corrected chi connectivity index (χ3v) is 3.62. The fourth-order valence-corrected chi connectivity index (χ4v) is 2.40. The third kappa shape index (κ3) is 4.89. The molecule has 0 spiro atoms. The van der Waals surface area contributed by atoms with Gasteiger partial charge in [0.25, 0.3) is 0 Å². The minimum absolute atomic E-state index is 0.670. The molecule has 4 heteroatoms. The molecular weight excluding hydrogens is 288 g/mol. The molecule has 1 N–H and O–H groups in total. The number of nitrogens with one attached hydrogen (secondary N) is 1. The van der Waals surface area contributed by atoms with Crippen LogP contribution in [0.25, 0.3) is 0 Å². The van der Waals surface area contributed by atoms with Gasteiger partial charge in [-0.15, -0.1) is 0 Å². The van der Waals surface area contributed by atoms with E-state index < -0.39 is 0 Å². The standard InChI is InChI=1S/C19H26N2O2/c1-5-23-19-12-16(8-11-18(19)21(2)3)14-20-13-15-6-9-17(22-4)10-7-15/h6-12,20H,5,13-14H2,1-4H3. The van der Waals surface area contributed by atoms with E-state index in [9.17, 15) is 0 Å². The first-order valence-electron chi connectivity index (χ1n) is 7.90. The van der Waals surface area contributed by atoms with Crippen molar-refractivity contribution in [3.05, 3.63) is 53.6 Å². The van der Waals surface area contributed by atoms with E-state index in [4.69, 9.17) is 9.47 Å². The summed E-state index contributed by atoms with van der Waals surface area (Å²) in [7, 11) is 5.74. The second-order valence-corrected chi connectivity index (χ2v) is 5.58. The Morgan fingerprint density at radius 2 is 1.61 bits per heavy atom. The largest absolute Gasteiger partial charge is 0.497 e. The molecule has 0 unspecified atom stereocenters. The summed E-state index contributed by atoms with van der Waals surface area (Å²) in [5.74, 6) is 1.82. The summed E-state index contributed by atoms with van der Waals surface area (Å²) in [5, 5.41) is 3.46. The quantitative estimate of drug-likeness (QED) is 0.809. The number of anilines is 1. The van der Waals surface area contributed by atoms with Gasteiger partial charge < -0.3 is 19.7 Å². The summed E-state index contributed by atoms with van der Waals surface area (Å²) in [6.07, 6.45) is 0. The van der Waals surface area contributed by atoms with Crippen LogP contribution in [0.2, 0.25) is 0 Å². The normalized spacial score (nSPS) is 10.4. The highest BCUT2D eigenvalue weighted by Crippen LogP contribution is 2.28. The fourth-order valence-electron chi connectivity index (χ4n) is 2.40. The van der Waals surface area contributed by atoms with E-state index >= 15 is 0 Å². The zero-order chi connectivity index (χ0) is 16.7. The van der Waals surface area contributed by atoms with E-state index in [1.165, 1.54) is 11.1 Å². The van der Waals surface area contributed by atoms with Crippen LogP contribution in [0.4, 0.5) is 5.69 Å². The Bertz CT molecular complexity index is 609. The van der Waals surface area contributed by atoms with Gasteiger partial charge in [0.2, 0.25) is 0 Å². The lowest BCUT2D eigenvalue weighted by Gasteiger charge is -2.18. The molecule has 0 aliphatic rings. The molecule has 0 aliphatic heterocycles. The first-order valence-corrected chi connectivity index (χ1v) is 7.90. The lowest BCUT2D eigenvalue weighted by molar-refractivity contribution is 0.340. The van der Waals surface area contributed by atoms with E-state index in [2.05, 4.69) is 40.5 Å². The SMILES string of the molecule is CCOc1cc(CNCc2ccc(OC)cc2)ccc1N(C)C. The molecule has 0 heterocycles. The topological polar surface area (TPSA) is 33.7 Å². The van der Waals surface area contributed by atoms with Gasteiger partial charge in [0.05, 0.1) is 19.4 Å². The highest BCUT2D eigenvalue weighted by molar-refractivity contribution is 5.58. The zero-order valence-corrected chi connectivity index (χ0v) is 14.4. The maximum absolute atomic E-state index is 5.75. The summed E-state index contributed by atoms with van der Waals surface area (Å²) in [6.45, 7) is 4.31. The predicted molar refractivity (Wildman–Crippen MR) is 95.5 cm³/mol. The number of nitrogens with zero attached hydrogens (tertiary/aromatic N) is 1. The Morgan fingerprint density at radius 1 is 0.957 bits per heavy atom. The predicted octanol–water partition coefficient (Wildman–Crippen LogP) is 3.45. The van der Waals surface area contributed by atoms with Crippen LogP contribution in [0, 0.1) is 0 Å². The number of benzene rings is 2. The Balaban J connectivity index is 1.95. The van der Waals surface area contributed by atoms with Crippen molar-refractivity contribution in [1.29, 1.82) is 0 Å². The van der Waals surface area contributed by atoms with Crippen LogP contribution < -0.4 is 19.7 Å². The molecule has 4 nitrogen and oxygen atoms in total. The molecule has 0 saturated heterocycles. The molecule has 0 fully saturated rings. The van der Waals surface area contributed by atoms with Crippen LogP contribution in [-0.2, 0) is 13.1 Å². The fraction of sp³-hybridized carbons (Fsp3) is 0.368. The van der Waals surface area contributed by atoms with Gasteiger partial charge in [-0.3, -0.25) is 0 Å². The van der Waals surface area contributed by atoms with Gasteiger partial charge in [0, 0.05) is 27.2 Å². The van der Waals surface area contributed by atoms with Gasteiger partial charge in [-0.05, 0) is 42.3 Å². The third-order valence-electron chi connectivity index (χ3n) is 3.62. The molecule has 0 radical (unpaired) electrons. The number of hydrogen-bond acceptors (Lipinski definition) is 4. The van der Waals surface area contributed by atoms with Crippen LogP contribution in [0.5, 0.6) is 11.5 Å². The second-order valence-electron chi connectivity index (χ2n) is 5.58. The first-order chi connectivity index (χ1) is 11.1. The minimum atomic E-state index is 0.670. The maximum atomic E-state index is 5.75. The van der Waals surface area contributed by atoms with Gasteiger partial charge >= 0.3 is 0 Å². The molecule has 0 saturated carbocycles. The Morgan fingerprint density at radius 3 is 2.22 bits per heavy atom. The van der Waals surface area contributed by atoms with Crippen molar-refractivity contribution < 1.29 is 9.47 Å². The molecule has 0 aromatic heterocycles. The molecule has 0 amide bonds. The van der Waals surface area contributed by atoms with Crippen molar-refractivity contribution >= 4 is 5.69 Å². The zero-order valence-electron chi connectivity index (χ0n) is 14.4. The van der Waals surface area contributed by atoms with Crippen molar-refractivity contribution in [3.63, 3.8) is 0 Å². The number of ether oxygens (including phenoxy) is 2. The lowest BCUT2D eigenvalue weighted by Crippen LogP contribution is -2.14. The average Bonchev–Trinajstić information content (AvgIpc) is 2.56. The Labute approximate surface area is 139 Å². The van der Waals surface area contributed by atoms with Crippen LogP contribution in [0.15, 0.2) is 42.5 Å². The van der Waals surface area contributed by atoms with Crippen molar-refractivity contribution in [3.8, 4) is 11.5 Å². The van der Waals surface area contributed by atoms with Crippen LogP contribution in [0.3, 0.4) is 0 Å². The average molecular weight is 314 g/mol. The van der Waals surface area contributed by atoms with E-state index in [0.29, 0.717) is 6.61 Å². The highest BCUT2D eigenvalue weighted by Gasteiger charge is 2.07. The van der Waals surface area contributed by atoms with Gasteiger partial charge in [-0.25, -0.2) is 0 Å². The molecule has 2 aromatic carbocycles. The van der Waals surface area contributed by atoms with Gasteiger partial charge in [0.1, 0.15) is 11.5 Å². The van der Waals surface area contributed by atoms with Crippen molar-refractivity contribution in [1.82, 2.24) is 5.32 Å². The van der Waals surface area contributed by atoms with Gasteiger partial charge in [-0.2, -0.15) is 0 Å². The highest BCUT2D eigenvalue weighted by atomic mass is 16.5. The summed E-state index contributed by atoms with van der Waals surface area (Å²) in [5.41, 5.74) is 3.55.